The van der Waals surface area contributed by atoms with Gasteiger partial charge in [0.15, 0.2) is 0 Å². The molecule has 1 saturated heterocycles. The number of amides is 1. The van der Waals surface area contributed by atoms with Gasteiger partial charge < -0.3 is 10.6 Å². The minimum atomic E-state index is -0.000741. The van der Waals surface area contributed by atoms with Crippen LogP contribution in [0.25, 0.3) is 0 Å². The topological polar surface area (TPSA) is 59.2 Å². The number of rotatable bonds is 1. The third kappa shape index (κ3) is 2.32. The lowest BCUT2D eigenvalue weighted by Crippen LogP contribution is -2.38. The summed E-state index contributed by atoms with van der Waals surface area (Å²) in [6.07, 6.45) is 3.73. The Morgan fingerprint density at radius 1 is 1.50 bits per heavy atom. The van der Waals surface area contributed by atoms with Crippen LogP contribution in [0.1, 0.15) is 30.3 Å². The second kappa shape index (κ2) is 4.51. The van der Waals surface area contributed by atoms with Gasteiger partial charge in [-0.3, -0.25) is 9.78 Å². The highest BCUT2D eigenvalue weighted by Crippen LogP contribution is 2.18. The number of nitrogen functional groups attached to an aromatic ring is 1. The molecule has 0 radical (unpaired) electrons. The number of carbonyl (C=O) groups excluding carboxylic acids is 1. The molecule has 1 aromatic rings. The van der Waals surface area contributed by atoms with E-state index >= 15 is 0 Å². The standard InChI is InChI=1S/C12H17N3O/c1-9-3-6-15(7-4-9)12(16)11-8-10(13)2-5-14-11/h2,5,8-9H,3-4,6-7H2,1H3,(H2,13,14). The number of anilines is 1. The second-order valence-electron chi connectivity index (χ2n) is 4.45. The summed E-state index contributed by atoms with van der Waals surface area (Å²) in [5.41, 5.74) is 6.68. The summed E-state index contributed by atoms with van der Waals surface area (Å²) in [4.78, 5) is 18.0. The van der Waals surface area contributed by atoms with Gasteiger partial charge in [-0.05, 0) is 30.9 Å². The van der Waals surface area contributed by atoms with Crippen molar-refractivity contribution in [2.24, 2.45) is 5.92 Å². The SMILES string of the molecule is CC1CCN(C(=O)c2cc(N)ccn2)CC1. The van der Waals surface area contributed by atoms with Gasteiger partial charge in [0.05, 0.1) is 0 Å². The molecule has 1 fully saturated rings. The molecule has 4 heteroatoms. The Bertz CT molecular complexity index is 384. The molecule has 0 unspecified atom stereocenters. The highest BCUT2D eigenvalue weighted by molar-refractivity contribution is 5.93. The Morgan fingerprint density at radius 2 is 2.19 bits per heavy atom. The van der Waals surface area contributed by atoms with Crippen molar-refractivity contribution in [1.29, 1.82) is 0 Å². The normalized spacial score (nSPS) is 17.4. The number of nitrogens with two attached hydrogens (primary N) is 1. The zero-order valence-corrected chi connectivity index (χ0v) is 9.52. The van der Waals surface area contributed by atoms with Crippen LogP contribution < -0.4 is 5.73 Å². The van der Waals surface area contributed by atoms with E-state index in [9.17, 15) is 4.79 Å². The Hall–Kier alpha value is -1.58. The van der Waals surface area contributed by atoms with E-state index in [-0.39, 0.29) is 5.91 Å². The van der Waals surface area contributed by atoms with Crippen molar-refractivity contribution in [3.05, 3.63) is 24.0 Å². The number of hydrogen-bond acceptors (Lipinski definition) is 3. The third-order valence-electron chi connectivity index (χ3n) is 3.07. The molecule has 1 aromatic heterocycles. The summed E-state index contributed by atoms with van der Waals surface area (Å²) in [7, 11) is 0. The van der Waals surface area contributed by atoms with Crippen molar-refractivity contribution in [2.75, 3.05) is 18.8 Å². The van der Waals surface area contributed by atoms with Crippen LogP contribution in [0.5, 0.6) is 0 Å². The predicted octanol–water partition coefficient (Wildman–Crippen LogP) is 1.54. The van der Waals surface area contributed by atoms with Crippen LogP contribution in [0.4, 0.5) is 5.69 Å². The molecule has 16 heavy (non-hydrogen) atoms. The molecule has 2 N–H and O–H groups in total. The summed E-state index contributed by atoms with van der Waals surface area (Å²) in [5.74, 6) is 0.719. The van der Waals surface area contributed by atoms with Gasteiger partial charge in [-0.1, -0.05) is 6.92 Å². The van der Waals surface area contributed by atoms with Crippen molar-refractivity contribution in [3.8, 4) is 0 Å². The Morgan fingerprint density at radius 3 is 2.81 bits per heavy atom. The lowest BCUT2D eigenvalue weighted by molar-refractivity contribution is 0.0691. The van der Waals surface area contributed by atoms with E-state index < -0.39 is 0 Å². The van der Waals surface area contributed by atoms with Crippen LogP contribution >= 0.6 is 0 Å². The molecule has 2 heterocycles. The molecule has 0 saturated carbocycles. The smallest absolute Gasteiger partial charge is 0.272 e. The number of likely N-dealkylation sites (tertiary alicyclic amines) is 1. The summed E-state index contributed by atoms with van der Waals surface area (Å²) in [5, 5.41) is 0. The van der Waals surface area contributed by atoms with Crippen molar-refractivity contribution in [2.45, 2.75) is 19.8 Å². The molecule has 1 aliphatic heterocycles. The molecule has 0 bridgehead atoms. The van der Waals surface area contributed by atoms with Gasteiger partial charge in [0.25, 0.3) is 5.91 Å². The zero-order chi connectivity index (χ0) is 11.5. The number of hydrogen-bond donors (Lipinski definition) is 1. The Kier molecular flexibility index (Phi) is 3.08. The molecule has 1 amide bonds. The van der Waals surface area contributed by atoms with Crippen molar-refractivity contribution < 1.29 is 4.79 Å². The maximum absolute atomic E-state index is 12.1. The van der Waals surface area contributed by atoms with Crippen LogP contribution in [0.3, 0.4) is 0 Å². The van der Waals surface area contributed by atoms with Gasteiger partial charge in [0.1, 0.15) is 5.69 Å². The molecule has 1 aliphatic rings. The fraction of sp³-hybridized carbons (Fsp3) is 0.500. The first kappa shape index (κ1) is 10.9. The first-order valence-corrected chi connectivity index (χ1v) is 5.67. The van der Waals surface area contributed by atoms with E-state index in [1.54, 1.807) is 18.3 Å². The van der Waals surface area contributed by atoms with E-state index in [1.807, 2.05) is 4.90 Å². The first-order chi connectivity index (χ1) is 7.66. The fourth-order valence-electron chi connectivity index (χ4n) is 1.94. The first-order valence-electron chi connectivity index (χ1n) is 5.67. The number of pyridine rings is 1. The summed E-state index contributed by atoms with van der Waals surface area (Å²) in [6.45, 7) is 3.88. The van der Waals surface area contributed by atoms with E-state index in [1.165, 1.54) is 0 Å². The summed E-state index contributed by atoms with van der Waals surface area (Å²) < 4.78 is 0. The monoisotopic (exact) mass is 219 g/mol. The van der Waals surface area contributed by atoms with E-state index in [2.05, 4.69) is 11.9 Å². The quantitative estimate of drug-likeness (QED) is 0.779. The minimum absolute atomic E-state index is 0.000741. The highest BCUT2D eigenvalue weighted by atomic mass is 16.2. The highest BCUT2D eigenvalue weighted by Gasteiger charge is 2.22. The lowest BCUT2D eigenvalue weighted by Gasteiger charge is -2.30. The average molecular weight is 219 g/mol. The van der Waals surface area contributed by atoms with Crippen LogP contribution in [-0.2, 0) is 0 Å². The van der Waals surface area contributed by atoms with E-state index in [0.717, 1.165) is 31.8 Å². The number of piperidine rings is 1. The molecule has 0 aromatic carbocycles. The predicted molar refractivity (Wildman–Crippen MR) is 63.0 cm³/mol. The average Bonchev–Trinajstić information content (AvgIpc) is 2.29. The van der Waals surface area contributed by atoms with Gasteiger partial charge in [0.2, 0.25) is 0 Å². The molecule has 2 rings (SSSR count). The lowest BCUT2D eigenvalue weighted by atomic mass is 9.99. The molecule has 86 valence electrons. The van der Waals surface area contributed by atoms with Gasteiger partial charge in [-0.15, -0.1) is 0 Å². The van der Waals surface area contributed by atoms with Gasteiger partial charge in [-0.25, -0.2) is 0 Å². The fourth-order valence-corrected chi connectivity index (χ4v) is 1.94. The van der Waals surface area contributed by atoms with Crippen LogP contribution in [0.15, 0.2) is 18.3 Å². The molecular formula is C12H17N3O. The van der Waals surface area contributed by atoms with Gasteiger partial charge in [-0.2, -0.15) is 0 Å². The third-order valence-corrected chi connectivity index (χ3v) is 3.07. The Balaban J connectivity index is 2.08. The number of nitrogens with zero attached hydrogens (tertiary/aromatic N) is 2. The van der Waals surface area contributed by atoms with Gasteiger partial charge in [0, 0.05) is 25.0 Å². The molecular weight excluding hydrogens is 202 g/mol. The van der Waals surface area contributed by atoms with Crippen LogP contribution in [0, 0.1) is 5.92 Å². The van der Waals surface area contributed by atoms with Crippen LogP contribution in [0.2, 0.25) is 0 Å². The minimum Gasteiger partial charge on any atom is -0.399 e. The van der Waals surface area contributed by atoms with Crippen LogP contribution in [-0.4, -0.2) is 28.9 Å². The van der Waals surface area contributed by atoms with Crippen molar-refractivity contribution in [3.63, 3.8) is 0 Å². The maximum Gasteiger partial charge on any atom is 0.272 e. The summed E-state index contributed by atoms with van der Waals surface area (Å²) >= 11 is 0. The largest absolute Gasteiger partial charge is 0.399 e. The van der Waals surface area contributed by atoms with E-state index in [4.69, 9.17) is 5.73 Å². The van der Waals surface area contributed by atoms with Crippen molar-refractivity contribution >= 4 is 11.6 Å². The molecule has 0 atom stereocenters. The molecule has 0 aliphatic carbocycles. The number of carbonyl (C=O) groups is 1. The molecule has 0 spiro atoms. The van der Waals surface area contributed by atoms with Crippen molar-refractivity contribution in [1.82, 2.24) is 9.88 Å². The van der Waals surface area contributed by atoms with Gasteiger partial charge >= 0.3 is 0 Å². The summed E-state index contributed by atoms with van der Waals surface area (Å²) in [6, 6.07) is 3.33. The second-order valence-corrected chi connectivity index (χ2v) is 4.45. The Labute approximate surface area is 95.5 Å². The van der Waals surface area contributed by atoms with E-state index in [0.29, 0.717) is 11.4 Å². The zero-order valence-electron chi connectivity index (χ0n) is 9.52. The maximum atomic E-state index is 12.1. The number of aromatic nitrogens is 1. The molecule has 4 nitrogen and oxygen atoms in total.